The fraction of sp³-hybridized carbons (Fsp3) is 0.333. The summed E-state index contributed by atoms with van der Waals surface area (Å²) in [6.45, 7) is 8.32. The van der Waals surface area contributed by atoms with E-state index in [1.165, 1.54) is 7.11 Å². The van der Waals surface area contributed by atoms with Gasteiger partial charge in [-0.15, -0.1) is 0 Å². The second kappa shape index (κ2) is 7.51. The molecule has 6 nitrogen and oxygen atoms in total. The average Bonchev–Trinajstić information content (AvgIpc) is 3.08. The van der Waals surface area contributed by atoms with Gasteiger partial charge in [0.25, 0.3) is 0 Å². The van der Waals surface area contributed by atoms with Crippen LogP contribution in [0.5, 0.6) is 11.5 Å². The van der Waals surface area contributed by atoms with Crippen LogP contribution in [0, 0.1) is 19.3 Å². The maximum atomic E-state index is 13.5. The van der Waals surface area contributed by atoms with E-state index in [-0.39, 0.29) is 22.9 Å². The summed E-state index contributed by atoms with van der Waals surface area (Å²) < 4.78 is 7.33. The van der Waals surface area contributed by atoms with Gasteiger partial charge in [0.1, 0.15) is 5.82 Å². The fourth-order valence-corrected chi connectivity index (χ4v) is 5.23. The van der Waals surface area contributed by atoms with Crippen LogP contribution < -0.4 is 10.1 Å². The molecule has 1 aliphatic heterocycles. The zero-order chi connectivity index (χ0) is 23.5. The van der Waals surface area contributed by atoms with Crippen LogP contribution in [-0.2, 0) is 4.79 Å². The van der Waals surface area contributed by atoms with E-state index in [1.54, 1.807) is 6.07 Å². The van der Waals surface area contributed by atoms with E-state index >= 15 is 0 Å². The van der Waals surface area contributed by atoms with Gasteiger partial charge in [-0.1, -0.05) is 32.0 Å². The minimum atomic E-state index is -0.284. The number of methoxy groups -OCH3 is 1. The van der Waals surface area contributed by atoms with E-state index in [9.17, 15) is 9.90 Å². The maximum absolute atomic E-state index is 13.5. The molecule has 1 atom stereocenters. The van der Waals surface area contributed by atoms with Crippen LogP contribution in [0.25, 0.3) is 5.69 Å². The summed E-state index contributed by atoms with van der Waals surface area (Å²) >= 11 is 0. The molecule has 170 valence electrons. The van der Waals surface area contributed by atoms with Crippen LogP contribution in [0.2, 0.25) is 0 Å². The number of anilines is 1. The zero-order valence-corrected chi connectivity index (χ0v) is 19.7. The maximum Gasteiger partial charge on any atom is 0.162 e. The number of aromatic hydroxyl groups is 1. The molecule has 33 heavy (non-hydrogen) atoms. The number of carbonyl (C=O) groups excluding carboxylic acids is 1. The number of Topliss-reactive ketones (excluding diaryl/α,β-unsaturated/α-hetero) is 1. The monoisotopic (exact) mass is 443 g/mol. The number of rotatable bonds is 3. The highest BCUT2D eigenvalue weighted by Crippen LogP contribution is 2.51. The number of carbonyl (C=O) groups is 1. The lowest BCUT2D eigenvalue weighted by atomic mass is 9.69. The van der Waals surface area contributed by atoms with Crippen LogP contribution in [0.3, 0.4) is 0 Å². The van der Waals surface area contributed by atoms with Crippen LogP contribution in [0.4, 0.5) is 5.82 Å². The Hall–Kier alpha value is -3.54. The molecule has 2 aromatic carbocycles. The highest BCUT2D eigenvalue weighted by atomic mass is 16.5. The van der Waals surface area contributed by atoms with Crippen LogP contribution in [0.1, 0.15) is 55.0 Å². The molecule has 0 bridgehead atoms. The van der Waals surface area contributed by atoms with E-state index in [2.05, 4.69) is 38.2 Å². The second-order valence-electron chi connectivity index (χ2n) is 9.92. The van der Waals surface area contributed by atoms with Crippen molar-refractivity contribution in [3.8, 4) is 17.2 Å². The van der Waals surface area contributed by atoms with Crippen molar-refractivity contribution in [1.82, 2.24) is 9.78 Å². The van der Waals surface area contributed by atoms with Crippen molar-refractivity contribution < 1.29 is 14.6 Å². The van der Waals surface area contributed by atoms with Gasteiger partial charge in [0.05, 0.1) is 18.5 Å². The van der Waals surface area contributed by atoms with Gasteiger partial charge < -0.3 is 15.2 Å². The lowest BCUT2D eigenvalue weighted by Gasteiger charge is -2.38. The molecule has 0 spiro atoms. The van der Waals surface area contributed by atoms with Crippen molar-refractivity contribution >= 4 is 11.6 Å². The van der Waals surface area contributed by atoms with Crippen molar-refractivity contribution in [2.24, 2.45) is 5.41 Å². The lowest BCUT2D eigenvalue weighted by Crippen LogP contribution is -2.34. The summed E-state index contributed by atoms with van der Waals surface area (Å²) in [7, 11) is 1.53. The first kappa shape index (κ1) is 21.3. The summed E-state index contributed by atoms with van der Waals surface area (Å²) in [6, 6.07) is 13.6. The molecule has 0 saturated heterocycles. The number of hydrogen-bond donors (Lipinski definition) is 2. The molecule has 0 saturated carbocycles. The van der Waals surface area contributed by atoms with Gasteiger partial charge in [0.2, 0.25) is 0 Å². The third-order valence-electron chi connectivity index (χ3n) is 6.66. The Balaban J connectivity index is 1.77. The van der Waals surface area contributed by atoms with Gasteiger partial charge in [-0.25, -0.2) is 4.68 Å². The third kappa shape index (κ3) is 3.50. The molecular weight excluding hydrogens is 414 g/mol. The van der Waals surface area contributed by atoms with Crippen molar-refractivity contribution in [2.45, 2.75) is 46.5 Å². The molecule has 3 aromatic rings. The molecule has 2 heterocycles. The minimum absolute atomic E-state index is 0.0768. The molecule has 2 aliphatic rings. The molecule has 0 amide bonds. The number of aryl methyl sites for hydroxylation is 2. The number of phenols is 1. The minimum Gasteiger partial charge on any atom is -0.504 e. The van der Waals surface area contributed by atoms with Gasteiger partial charge in [0.15, 0.2) is 17.3 Å². The number of fused-ring (bicyclic) bond motifs is 1. The summed E-state index contributed by atoms with van der Waals surface area (Å²) in [4.78, 5) is 13.5. The normalized spacial score (nSPS) is 19.1. The largest absolute Gasteiger partial charge is 0.504 e. The van der Waals surface area contributed by atoms with Crippen LogP contribution >= 0.6 is 0 Å². The molecule has 0 fully saturated rings. The number of hydrogen-bond acceptors (Lipinski definition) is 5. The van der Waals surface area contributed by atoms with Crippen LogP contribution in [0.15, 0.2) is 53.7 Å². The number of nitrogens with zero attached hydrogens (tertiary/aromatic N) is 2. The Morgan fingerprint density at radius 3 is 2.67 bits per heavy atom. The van der Waals surface area contributed by atoms with Gasteiger partial charge in [-0.2, -0.15) is 5.10 Å². The molecule has 1 aromatic heterocycles. The van der Waals surface area contributed by atoms with E-state index in [1.807, 2.05) is 35.9 Å². The van der Waals surface area contributed by atoms with Crippen LogP contribution in [-0.4, -0.2) is 27.8 Å². The topological polar surface area (TPSA) is 76.4 Å². The predicted octanol–water partition coefficient (Wildman–Crippen LogP) is 5.40. The van der Waals surface area contributed by atoms with E-state index in [4.69, 9.17) is 9.84 Å². The predicted molar refractivity (Wildman–Crippen MR) is 128 cm³/mol. The van der Waals surface area contributed by atoms with Gasteiger partial charge >= 0.3 is 0 Å². The number of ether oxygens (including phenoxy) is 1. The van der Waals surface area contributed by atoms with Gasteiger partial charge in [-0.05, 0) is 61.1 Å². The average molecular weight is 444 g/mol. The van der Waals surface area contributed by atoms with Gasteiger partial charge in [0, 0.05) is 29.2 Å². The van der Waals surface area contributed by atoms with Crippen molar-refractivity contribution in [1.29, 1.82) is 0 Å². The Bertz CT molecular complexity index is 1320. The van der Waals surface area contributed by atoms with E-state index < -0.39 is 0 Å². The zero-order valence-electron chi connectivity index (χ0n) is 19.7. The molecule has 0 unspecified atom stereocenters. The first-order valence-corrected chi connectivity index (χ1v) is 11.3. The first-order valence-electron chi connectivity index (χ1n) is 11.3. The van der Waals surface area contributed by atoms with E-state index in [0.29, 0.717) is 12.2 Å². The number of nitrogens with one attached hydrogen (secondary N) is 1. The summed E-state index contributed by atoms with van der Waals surface area (Å²) in [5.74, 6) is 1.22. The lowest BCUT2D eigenvalue weighted by molar-refractivity contribution is -0.118. The smallest absolute Gasteiger partial charge is 0.162 e. The fourth-order valence-electron chi connectivity index (χ4n) is 5.23. The van der Waals surface area contributed by atoms with Crippen molar-refractivity contribution in [3.05, 3.63) is 76.1 Å². The Morgan fingerprint density at radius 2 is 1.94 bits per heavy atom. The number of allylic oxidation sites excluding steroid dienone is 2. The Labute approximate surface area is 193 Å². The van der Waals surface area contributed by atoms with Gasteiger partial charge in [-0.3, -0.25) is 4.79 Å². The van der Waals surface area contributed by atoms with E-state index in [0.717, 1.165) is 51.6 Å². The number of phenolic OH excluding ortho intramolecular Hbond substituents is 1. The van der Waals surface area contributed by atoms with Crippen molar-refractivity contribution in [2.75, 3.05) is 12.4 Å². The standard InChI is InChI=1S/C27H29N3O3/c1-15-7-6-8-18(11-15)30-26-23(16(2)29-30)24(17-9-10-20(31)22(12-17)33-5)25-19(28-26)13-27(3,4)14-21(25)32/h6-12,24,28,31H,13-14H2,1-5H3/t24-/m1/s1. The third-order valence-corrected chi connectivity index (χ3v) is 6.66. The number of ketones is 1. The summed E-state index contributed by atoms with van der Waals surface area (Å²) in [5.41, 5.74) is 6.49. The highest BCUT2D eigenvalue weighted by Gasteiger charge is 2.43. The quantitative estimate of drug-likeness (QED) is 0.567. The number of aromatic nitrogens is 2. The highest BCUT2D eigenvalue weighted by molar-refractivity contribution is 6.01. The first-order chi connectivity index (χ1) is 15.7. The molecule has 1 aliphatic carbocycles. The Morgan fingerprint density at radius 1 is 1.15 bits per heavy atom. The molecular formula is C27H29N3O3. The second-order valence-corrected chi connectivity index (χ2v) is 9.92. The van der Waals surface area contributed by atoms with Crippen molar-refractivity contribution in [3.63, 3.8) is 0 Å². The molecule has 0 radical (unpaired) electrons. The summed E-state index contributed by atoms with van der Waals surface area (Å²) in [5, 5.41) is 18.7. The molecule has 6 heteroatoms. The SMILES string of the molecule is COc1cc([C@H]2C3=C(CC(C)(C)CC3=O)Nc3c2c(C)nn3-c2cccc(C)c2)ccc1O. The molecule has 2 N–H and O–H groups in total. The number of benzene rings is 2. The Kier molecular flexibility index (Phi) is 4.85. The summed E-state index contributed by atoms with van der Waals surface area (Å²) in [6.07, 6.45) is 1.27. The molecule has 5 rings (SSSR count).